The number of quaternary nitrogens is 1. The van der Waals surface area contributed by atoms with Crippen LogP contribution in [0.1, 0.15) is 5.56 Å². The summed E-state index contributed by atoms with van der Waals surface area (Å²) in [4.78, 5) is 13.1. The molecule has 6 heteroatoms. The first kappa shape index (κ1) is 17.7. The summed E-state index contributed by atoms with van der Waals surface area (Å²) in [7, 11) is 4.93. The molecule has 0 radical (unpaired) electrons. The van der Waals surface area contributed by atoms with Gasteiger partial charge >= 0.3 is 0 Å². The number of methoxy groups -OCH3 is 2. The molecule has 2 aromatic rings. The van der Waals surface area contributed by atoms with Crippen molar-refractivity contribution in [1.29, 1.82) is 0 Å². The molecule has 0 aromatic heterocycles. The van der Waals surface area contributed by atoms with Crippen LogP contribution in [0.2, 0.25) is 0 Å². The average molecular weight is 333 g/mol. The van der Waals surface area contributed by atoms with Crippen molar-refractivity contribution in [2.45, 2.75) is 6.54 Å². The Morgan fingerprint density at radius 2 is 1.92 bits per heavy atom. The van der Waals surface area contributed by atoms with Crippen molar-refractivity contribution < 1.29 is 23.6 Å². The highest BCUT2D eigenvalue weighted by atomic mass is 19.1. The normalized spacial score (nSPS) is 11.7. The first-order chi connectivity index (χ1) is 11.5. The molecule has 1 amide bonds. The summed E-state index contributed by atoms with van der Waals surface area (Å²) in [6.45, 7) is 0.629. The highest BCUT2D eigenvalue weighted by molar-refractivity contribution is 5.93. The van der Waals surface area contributed by atoms with E-state index in [2.05, 4.69) is 5.32 Å². The number of ether oxygens (including phenoxy) is 2. The van der Waals surface area contributed by atoms with Gasteiger partial charge < -0.3 is 19.7 Å². The van der Waals surface area contributed by atoms with E-state index in [0.717, 1.165) is 4.90 Å². The fourth-order valence-corrected chi connectivity index (χ4v) is 2.41. The summed E-state index contributed by atoms with van der Waals surface area (Å²) >= 11 is 0. The van der Waals surface area contributed by atoms with E-state index in [0.29, 0.717) is 29.3 Å². The lowest BCUT2D eigenvalue weighted by Crippen LogP contribution is -3.08. The second kappa shape index (κ2) is 8.31. The van der Waals surface area contributed by atoms with Gasteiger partial charge in [-0.15, -0.1) is 0 Å². The van der Waals surface area contributed by atoms with Crippen molar-refractivity contribution in [2.24, 2.45) is 0 Å². The Hall–Kier alpha value is -2.60. The van der Waals surface area contributed by atoms with Crippen LogP contribution in [0.15, 0.2) is 42.5 Å². The maximum Gasteiger partial charge on any atom is 0.279 e. The molecule has 24 heavy (non-hydrogen) atoms. The van der Waals surface area contributed by atoms with Gasteiger partial charge in [-0.1, -0.05) is 18.2 Å². The van der Waals surface area contributed by atoms with Crippen LogP contribution in [0, 0.1) is 5.82 Å². The van der Waals surface area contributed by atoms with Gasteiger partial charge in [-0.05, 0) is 18.2 Å². The number of amides is 1. The molecule has 0 heterocycles. The van der Waals surface area contributed by atoms with Crippen LogP contribution in [-0.4, -0.2) is 33.7 Å². The Balaban J connectivity index is 1.99. The number of hydrogen-bond donors (Lipinski definition) is 2. The zero-order valence-electron chi connectivity index (χ0n) is 14.1. The summed E-state index contributed by atoms with van der Waals surface area (Å²) in [5, 5.41) is 2.81. The zero-order chi connectivity index (χ0) is 17.5. The monoisotopic (exact) mass is 333 g/mol. The molecular weight excluding hydrogens is 311 g/mol. The van der Waals surface area contributed by atoms with Gasteiger partial charge in [0.2, 0.25) is 0 Å². The zero-order valence-corrected chi connectivity index (χ0v) is 14.1. The third kappa shape index (κ3) is 4.70. The molecular formula is C18H22FN2O3+. The van der Waals surface area contributed by atoms with Gasteiger partial charge in [-0.3, -0.25) is 4.79 Å². The van der Waals surface area contributed by atoms with Gasteiger partial charge in [-0.25, -0.2) is 4.39 Å². The van der Waals surface area contributed by atoms with E-state index >= 15 is 0 Å². The third-order valence-electron chi connectivity index (χ3n) is 3.59. The molecule has 0 aliphatic heterocycles. The molecule has 2 rings (SSSR count). The molecule has 0 saturated carbocycles. The lowest BCUT2D eigenvalue weighted by atomic mass is 10.2. The molecule has 0 fully saturated rings. The first-order valence-corrected chi connectivity index (χ1v) is 7.60. The smallest absolute Gasteiger partial charge is 0.279 e. The van der Waals surface area contributed by atoms with Crippen LogP contribution < -0.4 is 19.7 Å². The lowest BCUT2D eigenvalue weighted by molar-refractivity contribution is -0.885. The number of hydrogen-bond acceptors (Lipinski definition) is 3. The van der Waals surface area contributed by atoms with Crippen molar-refractivity contribution in [2.75, 3.05) is 33.1 Å². The predicted octanol–water partition coefficient (Wildman–Crippen LogP) is 1.50. The number of anilines is 1. The van der Waals surface area contributed by atoms with Crippen LogP contribution >= 0.6 is 0 Å². The third-order valence-corrected chi connectivity index (χ3v) is 3.59. The van der Waals surface area contributed by atoms with Gasteiger partial charge in [0.25, 0.3) is 5.91 Å². The minimum atomic E-state index is -0.258. The van der Waals surface area contributed by atoms with Crippen LogP contribution in [0.5, 0.6) is 11.5 Å². The second-order valence-corrected chi connectivity index (χ2v) is 5.52. The molecule has 2 aromatic carbocycles. The maximum atomic E-state index is 13.7. The standard InChI is InChI=1S/C18H21FN2O3/c1-21(11-13-6-4-5-7-15(13)19)12-18(22)20-16-10-14(23-2)8-9-17(16)24-3/h4-10H,11-12H2,1-3H3,(H,20,22)/p+1. The quantitative estimate of drug-likeness (QED) is 0.807. The van der Waals surface area contributed by atoms with E-state index < -0.39 is 0 Å². The summed E-state index contributed by atoms with van der Waals surface area (Å²) in [6, 6.07) is 11.8. The fraction of sp³-hybridized carbons (Fsp3) is 0.278. The van der Waals surface area contributed by atoms with E-state index in [1.165, 1.54) is 13.2 Å². The summed E-state index contributed by atoms with van der Waals surface area (Å²) in [5.41, 5.74) is 1.13. The Morgan fingerprint density at radius 1 is 1.17 bits per heavy atom. The molecule has 0 saturated heterocycles. The van der Waals surface area contributed by atoms with Crippen molar-refractivity contribution in [3.8, 4) is 11.5 Å². The van der Waals surface area contributed by atoms with Gasteiger partial charge in [0.05, 0.1) is 27.0 Å². The lowest BCUT2D eigenvalue weighted by Gasteiger charge is -2.15. The van der Waals surface area contributed by atoms with Crippen molar-refractivity contribution in [3.05, 3.63) is 53.8 Å². The molecule has 5 nitrogen and oxygen atoms in total. The number of carbonyl (C=O) groups is 1. The topological polar surface area (TPSA) is 52.0 Å². The molecule has 1 atom stereocenters. The highest BCUT2D eigenvalue weighted by Gasteiger charge is 2.15. The molecule has 0 bridgehead atoms. The van der Waals surface area contributed by atoms with Crippen molar-refractivity contribution in [1.82, 2.24) is 0 Å². The van der Waals surface area contributed by atoms with E-state index in [1.54, 1.807) is 43.5 Å². The number of benzene rings is 2. The van der Waals surface area contributed by atoms with Gasteiger partial charge in [0.15, 0.2) is 6.54 Å². The fourth-order valence-electron chi connectivity index (χ4n) is 2.41. The number of carbonyl (C=O) groups excluding carboxylic acids is 1. The number of nitrogens with one attached hydrogen (secondary N) is 2. The van der Waals surface area contributed by atoms with Gasteiger partial charge in [-0.2, -0.15) is 0 Å². The van der Waals surface area contributed by atoms with Crippen molar-refractivity contribution in [3.63, 3.8) is 0 Å². The van der Waals surface area contributed by atoms with E-state index in [-0.39, 0.29) is 18.3 Å². The Morgan fingerprint density at radius 3 is 2.58 bits per heavy atom. The van der Waals surface area contributed by atoms with Crippen molar-refractivity contribution >= 4 is 11.6 Å². The number of rotatable bonds is 7. The first-order valence-electron chi connectivity index (χ1n) is 7.60. The van der Waals surface area contributed by atoms with Gasteiger partial charge in [0.1, 0.15) is 23.9 Å². The van der Waals surface area contributed by atoms with Crippen LogP contribution in [0.25, 0.3) is 0 Å². The number of halogens is 1. The van der Waals surface area contributed by atoms with Crippen LogP contribution in [0.3, 0.4) is 0 Å². The van der Waals surface area contributed by atoms with Crippen LogP contribution in [-0.2, 0) is 11.3 Å². The predicted molar refractivity (Wildman–Crippen MR) is 90.0 cm³/mol. The number of likely N-dealkylation sites (N-methyl/N-ethyl adjacent to an activating group) is 1. The van der Waals surface area contributed by atoms with E-state index in [4.69, 9.17) is 9.47 Å². The average Bonchev–Trinajstić information content (AvgIpc) is 2.56. The van der Waals surface area contributed by atoms with E-state index in [1.807, 2.05) is 7.05 Å². The Kier molecular flexibility index (Phi) is 6.14. The largest absolute Gasteiger partial charge is 0.497 e. The Labute approximate surface area is 141 Å². The molecule has 0 aliphatic carbocycles. The van der Waals surface area contributed by atoms with E-state index in [9.17, 15) is 9.18 Å². The van der Waals surface area contributed by atoms with Gasteiger partial charge in [0, 0.05) is 11.6 Å². The molecule has 0 spiro atoms. The summed E-state index contributed by atoms with van der Waals surface area (Å²) in [5.74, 6) is 0.733. The molecule has 0 aliphatic rings. The Bertz CT molecular complexity index is 706. The van der Waals surface area contributed by atoms with Crippen LogP contribution in [0.4, 0.5) is 10.1 Å². The molecule has 1 unspecified atom stereocenters. The minimum absolute atomic E-state index is 0.185. The highest BCUT2D eigenvalue weighted by Crippen LogP contribution is 2.28. The summed E-state index contributed by atoms with van der Waals surface area (Å²) < 4.78 is 24.1. The molecule has 128 valence electrons. The minimum Gasteiger partial charge on any atom is -0.497 e. The SMILES string of the molecule is COc1ccc(OC)c(NC(=O)C[NH+](C)Cc2ccccc2F)c1. The summed E-state index contributed by atoms with van der Waals surface area (Å²) in [6.07, 6.45) is 0. The molecule has 2 N–H and O–H groups in total. The maximum absolute atomic E-state index is 13.7. The second-order valence-electron chi connectivity index (χ2n) is 5.52.